The summed E-state index contributed by atoms with van der Waals surface area (Å²) in [5.41, 5.74) is 2.14. The summed E-state index contributed by atoms with van der Waals surface area (Å²) in [7, 11) is 0. The number of fused-ring (bicyclic) bond motifs is 1. The zero-order valence-electron chi connectivity index (χ0n) is 18.0. The van der Waals surface area contributed by atoms with Crippen molar-refractivity contribution in [2.45, 2.75) is 57.4 Å². The Kier molecular flexibility index (Phi) is 6.99. The van der Waals surface area contributed by atoms with Gasteiger partial charge in [0.05, 0.1) is 35.1 Å². The van der Waals surface area contributed by atoms with Crippen LogP contribution in [0.3, 0.4) is 0 Å². The predicted molar refractivity (Wildman–Crippen MR) is 126 cm³/mol. The van der Waals surface area contributed by atoms with Gasteiger partial charge in [0.25, 0.3) is 0 Å². The minimum atomic E-state index is -1.13. The van der Waals surface area contributed by atoms with Crippen molar-refractivity contribution in [2.24, 2.45) is 5.92 Å². The molecule has 1 amide bonds. The molecule has 8 nitrogen and oxygen atoms in total. The van der Waals surface area contributed by atoms with Crippen LogP contribution >= 0.6 is 22.9 Å². The number of hydrogen-bond donors (Lipinski definition) is 4. The molecular weight excluding hydrogens is 450 g/mol. The van der Waals surface area contributed by atoms with E-state index in [-0.39, 0.29) is 11.9 Å². The highest BCUT2D eigenvalue weighted by Crippen LogP contribution is 2.37. The number of carbonyl (C=O) groups is 1. The van der Waals surface area contributed by atoms with Crippen molar-refractivity contribution < 1.29 is 15.0 Å². The number of rotatable bonds is 8. The van der Waals surface area contributed by atoms with Gasteiger partial charge >= 0.3 is 0 Å². The molecule has 1 fully saturated rings. The van der Waals surface area contributed by atoms with Crippen molar-refractivity contribution in [1.82, 2.24) is 19.9 Å². The Bertz CT molecular complexity index is 1090. The number of nitrogens with zero attached hydrogens (tertiary/aromatic N) is 3. The van der Waals surface area contributed by atoms with Crippen LogP contribution in [-0.4, -0.2) is 55.4 Å². The summed E-state index contributed by atoms with van der Waals surface area (Å²) in [6.45, 7) is 4.42. The molecule has 3 heterocycles. The number of imidazole rings is 1. The molecule has 0 bridgehead atoms. The monoisotopic (exact) mass is 477 g/mol. The number of pyridine rings is 1. The molecule has 10 heteroatoms. The highest BCUT2D eigenvalue weighted by Gasteiger charge is 2.46. The summed E-state index contributed by atoms with van der Waals surface area (Å²) < 4.78 is 1.77. The summed E-state index contributed by atoms with van der Waals surface area (Å²) in [6, 6.07) is 3.48. The maximum atomic E-state index is 12.3. The molecule has 0 unspecified atom stereocenters. The number of aliphatic hydroxyl groups excluding tert-OH is 2. The molecule has 0 saturated heterocycles. The first kappa shape index (κ1) is 23.0. The second kappa shape index (κ2) is 9.74. The fourth-order valence-corrected chi connectivity index (χ4v) is 5.55. The second-order valence-corrected chi connectivity index (χ2v) is 9.52. The topological polar surface area (TPSA) is 112 Å². The molecule has 1 aliphatic carbocycles. The minimum absolute atomic E-state index is 0.169. The summed E-state index contributed by atoms with van der Waals surface area (Å²) in [4.78, 5) is 22.5. The highest BCUT2D eigenvalue weighted by atomic mass is 35.5. The van der Waals surface area contributed by atoms with Gasteiger partial charge in [0, 0.05) is 30.1 Å². The van der Waals surface area contributed by atoms with Crippen molar-refractivity contribution in [1.29, 1.82) is 0 Å². The van der Waals surface area contributed by atoms with Gasteiger partial charge in [0.2, 0.25) is 5.91 Å². The fraction of sp³-hybridized carbons (Fsp3) is 0.500. The van der Waals surface area contributed by atoms with Gasteiger partial charge in [0.15, 0.2) is 5.65 Å². The van der Waals surface area contributed by atoms with E-state index in [0.29, 0.717) is 24.1 Å². The summed E-state index contributed by atoms with van der Waals surface area (Å²) >= 11 is 7.92. The van der Waals surface area contributed by atoms with Gasteiger partial charge in [-0.1, -0.05) is 18.5 Å². The Balaban J connectivity index is 1.58. The summed E-state index contributed by atoms with van der Waals surface area (Å²) in [5, 5.41) is 30.2. The first-order valence-corrected chi connectivity index (χ1v) is 12.1. The number of halogens is 1. The number of aromatic nitrogens is 3. The number of nitrogens with one attached hydrogen (secondary N) is 2. The van der Waals surface area contributed by atoms with E-state index in [1.54, 1.807) is 28.4 Å². The standard InChI is InChI=1S/C22H28ClN5O3S/c1-3-12(9-17-14(23)6-8-32-17)27-15-5-7-25-21-18(15)26-11-28(21)16-10-13(19(29)20(16)30)22(31)24-4-2/h5-8,11-13,16,19-20,29-30H,3-4,9-10H2,1-2H3,(H,24,31)(H,25,27)/t12-,13+,16-,19-,20+/m1/s1. The number of hydrogen-bond acceptors (Lipinski definition) is 7. The fourth-order valence-electron chi connectivity index (χ4n) is 4.36. The van der Waals surface area contributed by atoms with Gasteiger partial charge in [0.1, 0.15) is 11.6 Å². The molecule has 0 aliphatic heterocycles. The van der Waals surface area contributed by atoms with E-state index in [1.807, 2.05) is 24.4 Å². The van der Waals surface area contributed by atoms with Crippen LogP contribution in [0.4, 0.5) is 5.69 Å². The molecule has 1 aliphatic rings. The molecule has 0 aromatic carbocycles. The third-order valence-electron chi connectivity index (χ3n) is 6.13. The van der Waals surface area contributed by atoms with Crippen molar-refractivity contribution in [3.8, 4) is 0 Å². The van der Waals surface area contributed by atoms with Gasteiger partial charge < -0.3 is 25.4 Å². The number of anilines is 1. The molecule has 0 spiro atoms. The Morgan fingerprint density at radius 1 is 1.31 bits per heavy atom. The Labute approximate surface area is 195 Å². The van der Waals surface area contributed by atoms with E-state index in [9.17, 15) is 15.0 Å². The molecule has 3 aromatic heterocycles. The Morgan fingerprint density at radius 3 is 2.81 bits per heavy atom. The molecule has 4 rings (SSSR count). The van der Waals surface area contributed by atoms with Crippen LogP contribution in [-0.2, 0) is 11.2 Å². The van der Waals surface area contributed by atoms with Crippen LogP contribution in [0, 0.1) is 5.92 Å². The van der Waals surface area contributed by atoms with Crippen LogP contribution in [0.15, 0.2) is 30.0 Å². The van der Waals surface area contributed by atoms with Gasteiger partial charge in [-0.05, 0) is 37.3 Å². The van der Waals surface area contributed by atoms with Crippen LogP contribution in [0.5, 0.6) is 0 Å². The van der Waals surface area contributed by atoms with Crippen LogP contribution in [0.2, 0.25) is 5.02 Å². The lowest BCUT2D eigenvalue weighted by atomic mass is 10.0. The third kappa shape index (κ3) is 4.34. The highest BCUT2D eigenvalue weighted by molar-refractivity contribution is 7.10. The first-order chi connectivity index (χ1) is 15.4. The Morgan fingerprint density at radius 2 is 2.12 bits per heavy atom. The number of carbonyl (C=O) groups excluding carboxylic acids is 1. The van der Waals surface area contributed by atoms with E-state index in [4.69, 9.17) is 11.6 Å². The third-order valence-corrected chi connectivity index (χ3v) is 7.54. The molecular formula is C22H28ClN5O3S. The predicted octanol–water partition coefficient (Wildman–Crippen LogP) is 3.00. The molecule has 0 radical (unpaired) electrons. The molecule has 1 saturated carbocycles. The average Bonchev–Trinajstić information content (AvgIpc) is 3.47. The van der Waals surface area contributed by atoms with E-state index in [1.165, 1.54) is 0 Å². The van der Waals surface area contributed by atoms with Crippen molar-refractivity contribution in [2.75, 3.05) is 11.9 Å². The number of amides is 1. The lowest BCUT2D eigenvalue weighted by Crippen LogP contribution is -2.38. The number of aliphatic hydroxyl groups is 2. The molecule has 172 valence electrons. The molecule has 5 atom stereocenters. The smallest absolute Gasteiger partial charge is 0.225 e. The lowest BCUT2D eigenvalue weighted by molar-refractivity contribution is -0.128. The zero-order chi connectivity index (χ0) is 22.8. The van der Waals surface area contributed by atoms with Crippen molar-refractivity contribution >= 4 is 45.7 Å². The van der Waals surface area contributed by atoms with E-state index < -0.39 is 24.2 Å². The summed E-state index contributed by atoms with van der Waals surface area (Å²) in [5.74, 6) is -0.923. The van der Waals surface area contributed by atoms with E-state index >= 15 is 0 Å². The van der Waals surface area contributed by atoms with Gasteiger partial charge in [-0.3, -0.25) is 4.79 Å². The van der Waals surface area contributed by atoms with Crippen molar-refractivity contribution in [3.63, 3.8) is 0 Å². The van der Waals surface area contributed by atoms with Crippen LogP contribution < -0.4 is 10.6 Å². The maximum Gasteiger partial charge on any atom is 0.225 e. The summed E-state index contributed by atoms with van der Waals surface area (Å²) in [6.07, 6.45) is 3.13. The van der Waals surface area contributed by atoms with E-state index in [0.717, 1.165) is 28.4 Å². The molecule has 3 aromatic rings. The van der Waals surface area contributed by atoms with Gasteiger partial charge in [-0.25, -0.2) is 9.97 Å². The minimum Gasteiger partial charge on any atom is -0.390 e. The van der Waals surface area contributed by atoms with Gasteiger partial charge in [-0.2, -0.15) is 0 Å². The molecule has 4 N–H and O–H groups in total. The van der Waals surface area contributed by atoms with Gasteiger partial charge in [-0.15, -0.1) is 11.3 Å². The zero-order valence-corrected chi connectivity index (χ0v) is 19.6. The average molecular weight is 478 g/mol. The first-order valence-electron chi connectivity index (χ1n) is 10.9. The van der Waals surface area contributed by atoms with Crippen molar-refractivity contribution in [3.05, 3.63) is 39.9 Å². The number of thiophene rings is 1. The Hall–Kier alpha value is -2.20. The van der Waals surface area contributed by atoms with Crippen LogP contribution in [0.1, 0.15) is 37.6 Å². The second-order valence-electron chi connectivity index (χ2n) is 8.11. The van der Waals surface area contributed by atoms with Crippen LogP contribution in [0.25, 0.3) is 11.2 Å². The van der Waals surface area contributed by atoms with E-state index in [2.05, 4.69) is 27.5 Å². The molecule has 32 heavy (non-hydrogen) atoms. The lowest BCUT2D eigenvalue weighted by Gasteiger charge is -2.19. The largest absolute Gasteiger partial charge is 0.390 e. The normalized spacial score (nSPS) is 24.0. The quantitative estimate of drug-likeness (QED) is 0.397. The maximum absolute atomic E-state index is 12.3. The SMILES string of the molecule is CCNC(=O)[C@H]1C[C@@H](n2cnc3c(N[C@H](CC)Cc4sccc4Cl)ccnc32)[C@H](O)[C@@H]1O.